The van der Waals surface area contributed by atoms with Crippen LogP contribution in [0.5, 0.6) is 0 Å². The first kappa shape index (κ1) is 15.0. The van der Waals surface area contributed by atoms with Crippen LogP contribution in [0.2, 0.25) is 10.0 Å². The lowest BCUT2D eigenvalue weighted by molar-refractivity contribution is 0.939. The minimum Gasteiger partial charge on any atom is -0.374 e. The third-order valence-electron chi connectivity index (χ3n) is 3.49. The van der Waals surface area contributed by atoms with Gasteiger partial charge in [-0.1, -0.05) is 65.7 Å². The maximum Gasteiger partial charge on any atom is 0.0767 e. The third kappa shape index (κ3) is 3.62. The molecule has 22 heavy (non-hydrogen) atoms. The Morgan fingerprint density at radius 1 is 0.591 bits per heavy atom. The van der Waals surface area contributed by atoms with E-state index in [9.17, 15) is 0 Å². The van der Waals surface area contributed by atoms with E-state index in [0.29, 0.717) is 0 Å². The zero-order valence-electron chi connectivity index (χ0n) is 11.8. The average Bonchev–Trinajstić information content (AvgIpc) is 2.56. The fourth-order valence-corrected chi connectivity index (χ4v) is 2.62. The van der Waals surface area contributed by atoms with Crippen LogP contribution in [0.3, 0.4) is 0 Å². The van der Waals surface area contributed by atoms with Gasteiger partial charge in [0.25, 0.3) is 0 Å². The van der Waals surface area contributed by atoms with Gasteiger partial charge in [-0.05, 0) is 47.5 Å². The number of rotatable bonds is 4. The van der Waals surface area contributed by atoms with Gasteiger partial charge in [0.2, 0.25) is 0 Å². The summed E-state index contributed by atoms with van der Waals surface area (Å²) < 4.78 is 0. The molecule has 0 aliphatic carbocycles. The molecule has 0 amide bonds. The molecule has 3 aromatic rings. The molecule has 1 atom stereocenters. The van der Waals surface area contributed by atoms with Crippen molar-refractivity contribution in [2.24, 2.45) is 0 Å². The minimum atomic E-state index is 0.0552. The first-order chi connectivity index (χ1) is 10.7. The molecule has 0 aromatic heterocycles. The van der Waals surface area contributed by atoms with Crippen LogP contribution in [-0.2, 0) is 0 Å². The molecule has 3 rings (SSSR count). The molecule has 0 spiro atoms. The minimum absolute atomic E-state index is 0.0552. The van der Waals surface area contributed by atoms with Gasteiger partial charge in [-0.25, -0.2) is 0 Å². The molecule has 1 nitrogen and oxygen atoms in total. The van der Waals surface area contributed by atoms with Gasteiger partial charge >= 0.3 is 0 Å². The summed E-state index contributed by atoms with van der Waals surface area (Å²) in [5, 5.41) is 5.02. The molecule has 1 unspecified atom stereocenters. The predicted octanol–water partition coefficient (Wildman–Crippen LogP) is 6.19. The van der Waals surface area contributed by atoms with E-state index in [2.05, 4.69) is 17.4 Å². The zero-order valence-corrected chi connectivity index (χ0v) is 13.4. The fraction of sp³-hybridized carbons (Fsp3) is 0.0526. The lowest BCUT2D eigenvalue weighted by Crippen LogP contribution is -2.12. The van der Waals surface area contributed by atoms with Gasteiger partial charge in [-0.15, -0.1) is 0 Å². The Hall–Kier alpha value is -1.96. The molecular weight excluding hydrogens is 313 g/mol. The van der Waals surface area contributed by atoms with Gasteiger partial charge in [0.05, 0.1) is 6.04 Å². The van der Waals surface area contributed by atoms with E-state index in [1.807, 2.05) is 66.7 Å². The number of hydrogen-bond donors (Lipinski definition) is 1. The van der Waals surface area contributed by atoms with Crippen LogP contribution < -0.4 is 5.32 Å². The van der Waals surface area contributed by atoms with E-state index in [1.54, 1.807) is 0 Å². The van der Waals surface area contributed by atoms with Crippen molar-refractivity contribution in [1.29, 1.82) is 0 Å². The van der Waals surface area contributed by atoms with Crippen LogP contribution >= 0.6 is 23.2 Å². The molecule has 0 saturated heterocycles. The Bertz CT molecular complexity index is 722. The number of halogens is 2. The maximum atomic E-state index is 6.00. The average molecular weight is 328 g/mol. The Labute approximate surface area is 140 Å². The van der Waals surface area contributed by atoms with Crippen molar-refractivity contribution >= 4 is 28.9 Å². The number of hydrogen-bond acceptors (Lipinski definition) is 1. The monoisotopic (exact) mass is 327 g/mol. The van der Waals surface area contributed by atoms with Crippen molar-refractivity contribution in [3.05, 3.63) is 100 Å². The molecule has 0 bridgehead atoms. The highest BCUT2D eigenvalue weighted by molar-refractivity contribution is 6.30. The lowest BCUT2D eigenvalue weighted by atomic mass is 9.98. The van der Waals surface area contributed by atoms with E-state index >= 15 is 0 Å². The second kappa shape index (κ2) is 6.87. The van der Waals surface area contributed by atoms with E-state index in [-0.39, 0.29) is 6.04 Å². The van der Waals surface area contributed by atoms with Crippen LogP contribution in [-0.4, -0.2) is 0 Å². The summed E-state index contributed by atoms with van der Waals surface area (Å²) in [5.41, 5.74) is 3.37. The van der Waals surface area contributed by atoms with Crippen molar-refractivity contribution in [2.45, 2.75) is 6.04 Å². The Kier molecular flexibility index (Phi) is 4.67. The summed E-state index contributed by atoms with van der Waals surface area (Å²) in [6.07, 6.45) is 0. The summed E-state index contributed by atoms with van der Waals surface area (Å²) in [5.74, 6) is 0. The zero-order chi connectivity index (χ0) is 15.4. The summed E-state index contributed by atoms with van der Waals surface area (Å²) in [4.78, 5) is 0. The molecule has 0 heterocycles. The molecular formula is C19H15Cl2N. The van der Waals surface area contributed by atoms with E-state index in [1.165, 1.54) is 5.56 Å². The highest BCUT2D eigenvalue weighted by Crippen LogP contribution is 2.28. The second-order valence-electron chi connectivity index (χ2n) is 5.05. The summed E-state index contributed by atoms with van der Waals surface area (Å²) >= 11 is 12.0. The highest BCUT2D eigenvalue weighted by Gasteiger charge is 2.13. The first-order valence-corrected chi connectivity index (χ1v) is 7.80. The molecule has 0 radical (unpaired) electrons. The van der Waals surface area contributed by atoms with Gasteiger partial charge < -0.3 is 5.32 Å². The number of anilines is 1. The fourth-order valence-electron chi connectivity index (χ4n) is 2.37. The second-order valence-corrected chi connectivity index (χ2v) is 5.92. The van der Waals surface area contributed by atoms with Crippen LogP contribution in [0.1, 0.15) is 17.2 Å². The Morgan fingerprint density at radius 3 is 1.68 bits per heavy atom. The topological polar surface area (TPSA) is 12.0 Å². The third-order valence-corrected chi connectivity index (χ3v) is 4.00. The Morgan fingerprint density at radius 2 is 1.09 bits per heavy atom. The van der Waals surface area contributed by atoms with Gasteiger partial charge in [-0.2, -0.15) is 0 Å². The van der Waals surface area contributed by atoms with Gasteiger partial charge in [-0.3, -0.25) is 0 Å². The maximum absolute atomic E-state index is 6.00. The van der Waals surface area contributed by atoms with Crippen molar-refractivity contribution < 1.29 is 0 Å². The van der Waals surface area contributed by atoms with Crippen molar-refractivity contribution in [3.63, 3.8) is 0 Å². The van der Waals surface area contributed by atoms with Gasteiger partial charge in [0, 0.05) is 15.7 Å². The Balaban J connectivity index is 1.96. The first-order valence-electron chi connectivity index (χ1n) is 7.05. The van der Waals surface area contributed by atoms with Gasteiger partial charge in [0.15, 0.2) is 0 Å². The van der Waals surface area contributed by atoms with Crippen molar-refractivity contribution in [2.75, 3.05) is 5.32 Å². The van der Waals surface area contributed by atoms with Crippen LogP contribution in [0, 0.1) is 0 Å². The molecule has 1 N–H and O–H groups in total. The van der Waals surface area contributed by atoms with Crippen LogP contribution in [0.15, 0.2) is 78.9 Å². The van der Waals surface area contributed by atoms with E-state index < -0.39 is 0 Å². The van der Waals surface area contributed by atoms with E-state index in [4.69, 9.17) is 23.2 Å². The van der Waals surface area contributed by atoms with Crippen molar-refractivity contribution in [3.8, 4) is 0 Å². The molecule has 3 aromatic carbocycles. The standard InChI is InChI=1S/C19H15Cl2N/c20-16-8-6-15(7-9-16)19(14-4-2-1-3-5-14)22-18-12-10-17(21)11-13-18/h1-13,19,22H. The summed E-state index contributed by atoms with van der Waals surface area (Å²) in [7, 11) is 0. The largest absolute Gasteiger partial charge is 0.374 e. The smallest absolute Gasteiger partial charge is 0.0767 e. The predicted molar refractivity (Wildman–Crippen MR) is 94.8 cm³/mol. The summed E-state index contributed by atoms with van der Waals surface area (Å²) in [6, 6.07) is 26.0. The van der Waals surface area contributed by atoms with Crippen LogP contribution in [0.4, 0.5) is 5.69 Å². The lowest BCUT2D eigenvalue weighted by Gasteiger charge is -2.21. The highest BCUT2D eigenvalue weighted by atomic mass is 35.5. The normalized spacial score (nSPS) is 11.9. The SMILES string of the molecule is Clc1ccc(NC(c2ccccc2)c2ccc(Cl)cc2)cc1. The molecule has 0 saturated carbocycles. The summed E-state index contributed by atoms with van der Waals surface area (Å²) in [6.45, 7) is 0. The molecule has 0 fully saturated rings. The van der Waals surface area contributed by atoms with Crippen molar-refractivity contribution in [1.82, 2.24) is 0 Å². The quantitative estimate of drug-likeness (QED) is 0.602. The molecule has 3 heteroatoms. The molecule has 0 aliphatic heterocycles. The van der Waals surface area contributed by atoms with Crippen LogP contribution in [0.25, 0.3) is 0 Å². The molecule has 110 valence electrons. The van der Waals surface area contributed by atoms with Gasteiger partial charge in [0.1, 0.15) is 0 Å². The number of benzene rings is 3. The molecule has 0 aliphatic rings. The van der Waals surface area contributed by atoms with E-state index in [0.717, 1.165) is 21.3 Å². The number of nitrogens with one attached hydrogen (secondary N) is 1.